The minimum atomic E-state index is -0.133. The average Bonchev–Trinajstić information content (AvgIpc) is 3.40. The number of benzene rings is 1. The minimum absolute atomic E-state index is 0.0158. The van der Waals surface area contributed by atoms with Crippen LogP contribution in [-0.2, 0) is 16.1 Å². The van der Waals surface area contributed by atoms with Crippen LogP contribution in [0.3, 0.4) is 0 Å². The predicted molar refractivity (Wildman–Crippen MR) is 93.3 cm³/mol. The van der Waals surface area contributed by atoms with Crippen LogP contribution >= 0.6 is 0 Å². The lowest BCUT2D eigenvalue weighted by Gasteiger charge is -2.34. The molecule has 0 aromatic heterocycles. The zero-order valence-corrected chi connectivity index (χ0v) is 14.6. The SMILES string of the molecule is CCN1CCN(C(=O)C2CC2C(=O)NCc2cccc(C)c2)CC1. The van der Waals surface area contributed by atoms with Crippen LogP contribution in [0.25, 0.3) is 0 Å². The highest BCUT2D eigenvalue weighted by molar-refractivity contribution is 5.92. The molecule has 0 spiro atoms. The molecule has 1 aliphatic carbocycles. The fraction of sp³-hybridized carbons (Fsp3) is 0.579. The number of amides is 2. The summed E-state index contributed by atoms with van der Waals surface area (Å²) in [6.45, 7) is 9.23. The molecule has 2 aliphatic rings. The average molecular weight is 329 g/mol. The van der Waals surface area contributed by atoms with E-state index >= 15 is 0 Å². The molecule has 1 aliphatic heterocycles. The Labute approximate surface area is 144 Å². The summed E-state index contributed by atoms with van der Waals surface area (Å²) in [7, 11) is 0. The van der Waals surface area contributed by atoms with E-state index in [0.29, 0.717) is 13.0 Å². The summed E-state index contributed by atoms with van der Waals surface area (Å²) in [5.74, 6) is -0.0503. The molecular weight excluding hydrogens is 302 g/mol. The van der Waals surface area contributed by atoms with Gasteiger partial charge in [-0.05, 0) is 25.5 Å². The molecule has 0 bridgehead atoms. The van der Waals surface area contributed by atoms with Crippen LogP contribution < -0.4 is 5.32 Å². The standard InChI is InChI=1S/C19H27N3O2/c1-3-21-7-9-22(10-8-21)19(24)17-12-16(17)18(23)20-13-15-6-4-5-14(2)11-15/h4-6,11,16-17H,3,7-10,12-13H2,1-2H3,(H,20,23). The predicted octanol–water partition coefficient (Wildman–Crippen LogP) is 1.41. The maximum atomic E-state index is 12.5. The first kappa shape index (κ1) is 17.0. The van der Waals surface area contributed by atoms with Crippen molar-refractivity contribution in [1.29, 1.82) is 0 Å². The Hall–Kier alpha value is -1.88. The van der Waals surface area contributed by atoms with Gasteiger partial charge in [-0.25, -0.2) is 0 Å². The van der Waals surface area contributed by atoms with E-state index in [0.717, 1.165) is 38.3 Å². The number of piperazine rings is 1. The van der Waals surface area contributed by atoms with E-state index in [4.69, 9.17) is 0 Å². The number of likely N-dealkylation sites (N-methyl/N-ethyl adjacent to an activating group) is 1. The second-order valence-electron chi connectivity index (χ2n) is 6.92. The Bertz CT molecular complexity index is 608. The smallest absolute Gasteiger partial charge is 0.226 e. The van der Waals surface area contributed by atoms with Gasteiger partial charge in [0.05, 0.1) is 11.8 Å². The normalized spacial score (nSPS) is 23.8. The van der Waals surface area contributed by atoms with Gasteiger partial charge in [0.2, 0.25) is 11.8 Å². The van der Waals surface area contributed by atoms with Gasteiger partial charge >= 0.3 is 0 Å². The summed E-state index contributed by atoms with van der Waals surface area (Å²) in [6, 6.07) is 8.12. The van der Waals surface area contributed by atoms with Crippen molar-refractivity contribution in [1.82, 2.24) is 15.1 Å². The highest BCUT2D eigenvalue weighted by Crippen LogP contribution is 2.40. The van der Waals surface area contributed by atoms with E-state index < -0.39 is 0 Å². The van der Waals surface area contributed by atoms with E-state index in [2.05, 4.69) is 23.2 Å². The molecule has 1 aromatic rings. The largest absolute Gasteiger partial charge is 0.352 e. The summed E-state index contributed by atoms with van der Waals surface area (Å²) < 4.78 is 0. The molecule has 2 fully saturated rings. The summed E-state index contributed by atoms with van der Waals surface area (Å²) >= 11 is 0. The quantitative estimate of drug-likeness (QED) is 0.889. The van der Waals surface area contributed by atoms with E-state index in [1.807, 2.05) is 30.0 Å². The molecular formula is C19H27N3O2. The lowest BCUT2D eigenvalue weighted by atomic mass is 10.1. The third kappa shape index (κ3) is 3.96. The van der Waals surface area contributed by atoms with Crippen molar-refractivity contribution in [2.75, 3.05) is 32.7 Å². The molecule has 130 valence electrons. The van der Waals surface area contributed by atoms with Gasteiger partial charge in [-0.1, -0.05) is 36.8 Å². The maximum absolute atomic E-state index is 12.5. The number of hydrogen-bond donors (Lipinski definition) is 1. The van der Waals surface area contributed by atoms with Crippen LogP contribution in [0.4, 0.5) is 0 Å². The molecule has 5 nitrogen and oxygen atoms in total. The maximum Gasteiger partial charge on any atom is 0.226 e. The lowest BCUT2D eigenvalue weighted by Crippen LogP contribution is -2.49. The lowest BCUT2D eigenvalue weighted by molar-refractivity contribution is -0.136. The molecule has 1 aromatic carbocycles. The topological polar surface area (TPSA) is 52.7 Å². The summed E-state index contributed by atoms with van der Waals surface area (Å²) in [5, 5.41) is 2.97. The molecule has 1 N–H and O–H groups in total. The van der Waals surface area contributed by atoms with Crippen LogP contribution in [-0.4, -0.2) is 54.3 Å². The van der Waals surface area contributed by atoms with Gasteiger partial charge < -0.3 is 15.1 Å². The van der Waals surface area contributed by atoms with E-state index in [1.165, 1.54) is 5.56 Å². The van der Waals surface area contributed by atoms with Crippen molar-refractivity contribution in [2.45, 2.75) is 26.8 Å². The molecule has 24 heavy (non-hydrogen) atoms. The van der Waals surface area contributed by atoms with Gasteiger partial charge in [-0.3, -0.25) is 9.59 Å². The van der Waals surface area contributed by atoms with Crippen molar-refractivity contribution in [2.24, 2.45) is 11.8 Å². The van der Waals surface area contributed by atoms with E-state index in [9.17, 15) is 9.59 Å². The number of carbonyl (C=O) groups excluding carboxylic acids is 2. The molecule has 1 saturated heterocycles. The van der Waals surface area contributed by atoms with Crippen LogP contribution in [0.5, 0.6) is 0 Å². The summed E-state index contributed by atoms with van der Waals surface area (Å²) in [6.07, 6.45) is 0.701. The zero-order valence-electron chi connectivity index (χ0n) is 14.6. The van der Waals surface area contributed by atoms with Crippen molar-refractivity contribution in [3.8, 4) is 0 Å². The van der Waals surface area contributed by atoms with Crippen LogP contribution in [0, 0.1) is 18.8 Å². The second kappa shape index (κ2) is 7.34. The number of rotatable bonds is 5. The van der Waals surface area contributed by atoms with Gasteiger partial charge in [0.15, 0.2) is 0 Å². The monoisotopic (exact) mass is 329 g/mol. The first-order valence-electron chi connectivity index (χ1n) is 8.93. The Morgan fingerprint density at radius 3 is 2.58 bits per heavy atom. The molecule has 2 unspecified atom stereocenters. The third-order valence-corrected chi connectivity index (χ3v) is 5.12. The van der Waals surface area contributed by atoms with Crippen molar-refractivity contribution in [3.63, 3.8) is 0 Å². The second-order valence-corrected chi connectivity index (χ2v) is 6.92. The molecule has 2 amide bonds. The Morgan fingerprint density at radius 1 is 1.17 bits per heavy atom. The molecule has 1 saturated carbocycles. The first-order valence-corrected chi connectivity index (χ1v) is 8.93. The molecule has 0 radical (unpaired) electrons. The van der Waals surface area contributed by atoms with Crippen molar-refractivity contribution >= 4 is 11.8 Å². The Kier molecular flexibility index (Phi) is 5.19. The highest BCUT2D eigenvalue weighted by Gasteiger charge is 2.49. The fourth-order valence-corrected chi connectivity index (χ4v) is 3.42. The molecule has 3 rings (SSSR count). The van der Waals surface area contributed by atoms with E-state index in [1.54, 1.807) is 0 Å². The van der Waals surface area contributed by atoms with Crippen molar-refractivity contribution < 1.29 is 9.59 Å². The number of aryl methyl sites for hydroxylation is 1. The Balaban J connectivity index is 1.44. The first-order chi connectivity index (χ1) is 11.6. The summed E-state index contributed by atoms with van der Waals surface area (Å²) in [5.41, 5.74) is 2.29. The van der Waals surface area contributed by atoms with E-state index in [-0.39, 0.29) is 23.7 Å². The number of nitrogens with one attached hydrogen (secondary N) is 1. The van der Waals surface area contributed by atoms with Gasteiger partial charge in [-0.2, -0.15) is 0 Å². The highest BCUT2D eigenvalue weighted by atomic mass is 16.2. The number of hydrogen-bond acceptors (Lipinski definition) is 3. The van der Waals surface area contributed by atoms with Crippen LogP contribution in [0.2, 0.25) is 0 Å². The number of nitrogens with zero attached hydrogens (tertiary/aromatic N) is 2. The van der Waals surface area contributed by atoms with Crippen molar-refractivity contribution in [3.05, 3.63) is 35.4 Å². The minimum Gasteiger partial charge on any atom is -0.352 e. The molecule has 1 heterocycles. The van der Waals surface area contributed by atoms with Crippen LogP contribution in [0.15, 0.2) is 24.3 Å². The molecule has 2 atom stereocenters. The van der Waals surface area contributed by atoms with Gasteiger partial charge in [0, 0.05) is 32.7 Å². The van der Waals surface area contributed by atoms with Crippen LogP contribution in [0.1, 0.15) is 24.5 Å². The van der Waals surface area contributed by atoms with Gasteiger partial charge in [-0.15, -0.1) is 0 Å². The zero-order chi connectivity index (χ0) is 17.1. The fourth-order valence-electron chi connectivity index (χ4n) is 3.42. The number of carbonyl (C=O) groups is 2. The van der Waals surface area contributed by atoms with Gasteiger partial charge in [0.25, 0.3) is 0 Å². The van der Waals surface area contributed by atoms with Gasteiger partial charge in [0.1, 0.15) is 0 Å². The molecule has 5 heteroatoms. The Morgan fingerprint density at radius 2 is 1.92 bits per heavy atom. The third-order valence-electron chi connectivity index (χ3n) is 5.12. The summed E-state index contributed by atoms with van der Waals surface area (Å²) in [4.78, 5) is 29.1.